The van der Waals surface area contributed by atoms with Gasteiger partial charge in [0.2, 0.25) is 0 Å². The van der Waals surface area contributed by atoms with E-state index >= 15 is 0 Å². The summed E-state index contributed by atoms with van der Waals surface area (Å²) >= 11 is 0. The molecule has 2 N–H and O–H groups in total. The summed E-state index contributed by atoms with van der Waals surface area (Å²) in [5, 5.41) is 3.90. The molecule has 0 unspecified atom stereocenters. The number of hydrogen-bond donors (Lipinski definition) is 2. The number of amides is 1. The van der Waals surface area contributed by atoms with Gasteiger partial charge in [0.25, 0.3) is 5.91 Å². The molecule has 0 spiro atoms. The molecule has 0 radical (unpaired) electrons. The highest BCUT2D eigenvalue weighted by atomic mass is 16.5. The second kappa shape index (κ2) is 7.68. The first-order valence-corrected chi connectivity index (χ1v) is 9.31. The Morgan fingerprint density at radius 1 is 1.11 bits per heavy atom. The molecule has 6 nitrogen and oxygen atoms in total. The fourth-order valence-electron chi connectivity index (χ4n) is 3.28. The molecule has 28 heavy (non-hydrogen) atoms. The van der Waals surface area contributed by atoms with Gasteiger partial charge in [0, 0.05) is 24.4 Å². The van der Waals surface area contributed by atoms with E-state index in [9.17, 15) is 4.79 Å². The lowest BCUT2D eigenvalue weighted by Crippen LogP contribution is -2.25. The molecule has 4 rings (SSSR count). The first-order valence-electron chi connectivity index (χ1n) is 9.31. The highest BCUT2D eigenvalue weighted by molar-refractivity contribution is 5.98. The molecule has 1 amide bonds. The van der Waals surface area contributed by atoms with Crippen LogP contribution in [-0.4, -0.2) is 34.5 Å². The van der Waals surface area contributed by atoms with E-state index in [-0.39, 0.29) is 5.91 Å². The molecule has 0 aliphatic rings. The predicted molar refractivity (Wildman–Crippen MR) is 110 cm³/mol. The van der Waals surface area contributed by atoms with Gasteiger partial charge < -0.3 is 15.0 Å². The average molecular weight is 374 g/mol. The number of benzene rings is 2. The third kappa shape index (κ3) is 3.67. The lowest BCUT2D eigenvalue weighted by molar-refractivity contribution is 0.0952. The van der Waals surface area contributed by atoms with Crippen LogP contribution in [0.2, 0.25) is 0 Å². The summed E-state index contributed by atoms with van der Waals surface area (Å²) in [4.78, 5) is 25.0. The highest BCUT2D eigenvalue weighted by Crippen LogP contribution is 2.21. The van der Waals surface area contributed by atoms with E-state index < -0.39 is 0 Å². The smallest absolute Gasteiger partial charge is 0.253 e. The zero-order chi connectivity index (χ0) is 19.5. The number of aryl methyl sites for hydroxylation is 2. The van der Waals surface area contributed by atoms with Gasteiger partial charge in [-0.1, -0.05) is 12.1 Å². The molecule has 142 valence electrons. The molecule has 0 aliphatic carbocycles. The molecule has 6 heteroatoms. The second-order valence-corrected chi connectivity index (χ2v) is 6.74. The van der Waals surface area contributed by atoms with E-state index in [1.807, 2.05) is 55.5 Å². The molecule has 2 aromatic carbocycles. The Kier molecular flexibility index (Phi) is 4.93. The van der Waals surface area contributed by atoms with Crippen molar-refractivity contribution in [3.05, 3.63) is 65.6 Å². The van der Waals surface area contributed by atoms with Crippen LogP contribution in [0.4, 0.5) is 0 Å². The number of para-hydroxylation sites is 2. The van der Waals surface area contributed by atoms with Gasteiger partial charge in [-0.05, 0) is 43.7 Å². The lowest BCUT2D eigenvalue weighted by Gasteiger charge is -2.09. The standard InChI is InChI=1S/C22H22N4O2/c1-14-17(12-15-9-10-16(28-2)13-20(15)24-14)22(27)23-11-5-8-21-25-18-6-3-4-7-19(18)26-21/h3-4,6-7,9-10,12-13H,5,8,11H2,1-2H3,(H,23,27)(H,25,26). The van der Waals surface area contributed by atoms with Gasteiger partial charge in [-0.3, -0.25) is 9.78 Å². The Morgan fingerprint density at radius 3 is 2.79 bits per heavy atom. The molecular weight excluding hydrogens is 352 g/mol. The monoisotopic (exact) mass is 374 g/mol. The first kappa shape index (κ1) is 18.0. The molecule has 0 saturated heterocycles. The summed E-state index contributed by atoms with van der Waals surface area (Å²) in [6.45, 7) is 2.43. The fourth-order valence-corrected chi connectivity index (χ4v) is 3.28. The van der Waals surface area contributed by atoms with Crippen LogP contribution < -0.4 is 10.1 Å². The van der Waals surface area contributed by atoms with Gasteiger partial charge in [0.05, 0.1) is 34.9 Å². The van der Waals surface area contributed by atoms with E-state index in [1.165, 1.54) is 0 Å². The quantitative estimate of drug-likeness (QED) is 0.503. The van der Waals surface area contributed by atoms with E-state index in [0.717, 1.165) is 46.4 Å². The van der Waals surface area contributed by atoms with Crippen LogP contribution in [0.15, 0.2) is 48.5 Å². The van der Waals surface area contributed by atoms with E-state index in [4.69, 9.17) is 4.74 Å². The summed E-state index contributed by atoms with van der Waals surface area (Å²) < 4.78 is 5.23. The maximum atomic E-state index is 12.6. The van der Waals surface area contributed by atoms with Gasteiger partial charge in [-0.25, -0.2) is 4.98 Å². The van der Waals surface area contributed by atoms with E-state index in [2.05, 4.69) is 20.3 Å². The number of methoxy groups -OCH3 is 1. The van der Waals surface area contributed by atoms with Crippen LogP contribution in [0.3, 0.4) is 0 Å². The van der Waals surface area contributed by atoms with Crippen molar-refractivity contribution < 1.29 is 9.53 Å². The SMILES string of the molecule is COc1ccc2cc(C(=O)NCCCc3nc4ccccc4[nH]3)c(C)nc2c1. The summed E-state index contributed by atoms with van der Waals surface area (Å²) in [6, 6.07) is 15.5. The van der Waals surface area contributed by atoms with Crippen molar-refractivity contribution in [1.29, 1.82) is 0 Å². The lowest BCUT2D eigenvalue weighted by atomic mass is 10.1. The average Bonchev–Trinajstić information content (AvgIpc) is 3.13. The number of aromatic nitrogens is 3. The normalized spacial score (nSPS) is 11.1. The summed E-state index contributed by atoms with van der Waals surface area (Å²) in [7, 11) is 1.63. The van der Waals surface area contributed by atoms with Crippen molar-refractivity contribution in [2.24, 2.45) is 0 Å². The molecule has 0 saturated carbocycles. The minimum absolute atomic E-state index is 0.104. The van der Waals surface area contributed by atoms with Crippen LogP contribution in [0.5, 0.6) is 5.75 Å². The number of fused-ring (bicyclic) bond motifs is 2. The molecule has 0 aliphatic heterocycles. The number of pyridine rings is 1. The molecule has 0 bridgehead atoms. The van der Waals surface area contributed by atoms with Crippen molar-refractivity contribution in [2.75, 3.05) is 13.7 Å². The number of carbonyl (C=O) groups is 1. The minimum Gasteiger partial charge on any atom is -0.497 e. The highest BCUT2D eigenvalue weighted by Gasteiger charge is 2.12. The number of rotatable bonds is 6. The molecule has 2 aromatic heterocycles. The summed E-state index contributed by atoms with van der Waals surface area (Å²) in [6.07, 6.45) is 1.59. The van der Waals surface area contributed by atoms with Crippen LogP contribution in [-0.2, 0) is 6.42 Å². The Hall–Kier alpha value is -3.41. The van der Waals surface area contributed by atoms with E-state index in [1.54, 1.807) is 7.11 Å². The Labute approximate surface area is 163 Å². The number of nitrogens with zero attached hydrogens (tertiary/aromatic N) is 2. The van der Waals surface area contributed by atoms with Crippen LogP contribution >= 0.6 is 0 Å². The van der Waals surface area contributed by atoms with Gasteiger partial charge >= 0.3 is 0 Å². The van der Waals surface area contributed by atoms with Crippen LogP contribution in [0.1, 0.15) is 28.3 Å². The Morgan fingerprint density at radius 2 is 1.96 bits per heavy atom. The number of nitrogens with one attached hydrogen (secondary N) is 2. The molecular formula is C22H22N4O2. The van der Waals surface area contributed by atoms with Gasteiger partial charge in [-0.15, -0.1) is 0 Å². The van der Waals surface area contributed by atoms with Crippen molar-refractivity contribution >= 4 is 27.8 Å². The third-order valence-corrected chi connectivity index (χ3v) is 4.77. The van der Waals surface area contributed by atoms with E-state index in [0.29, 0.717) is 17.8 Å². The molecule has 4 aromatic rings. The largest absolute Gasteiger partial charge is 0.497 e. The molecule has 0 atom stereocenters. The molecule has 2 heterocycles. The third-order valence-electron chi connectivity index (χ3n) is 4.77. The molecule has 0 fully saturated rings. The van der Waals surface area contributed by atoms with Crippen molar-refractivity contribution in [3.63, 3.8) is 0 Å². The zero-order valence-electron chi connectivity index (χ0n) is 16.0. The number of H-pyrrole nitrogens is 1. The van der Waals surface area contributed by atoms with Crippen molar-refractivity contribution in [1.82, 2.24) is 20.3 Å². The van der Waals surface area contributed by atoms with Crippen molar-refractivity contribution in [2.45, 2.75) is 19.8 Å². The number of imidazole rings is 1. The number of carbonyl (C=O) groups excluding carboxylic acids is 1. The number of hydrogen-bond acceptors (Lipinski definition) is 4. The van der Waals surface area contributed by atoms with Crippen molar-refractivity contribution in [3.8, 4) is 5.75 Å². The minimum atomic E-state index is -0.104. The van der Waals surface area contributed by atoms with Gasteiger partial charge in [0.1, 0.15) is 11.6 Å². The first-order chi connectivity index (χ1) is 13.6. The fraction of sp³-hybridized carbons (Fsp3) is 0.227. The summed E-state index contributed by atoms with van der Waals surface area (Å²) in [5.41, 5.74) is 4.13. The zero-order valence-corrected chi connectivity index (χ0v) is 16.0. The van der Waals surface area contributed by atoms with Gasteiger partial charge in [-0.2, -0.15) is 0 Å². The maximum Gasteiger partial charge on any atom is 0.253 e. The topological polar surface area (TPSA) is 79.9 Å². The van der Waals surface area contributed by atoms with Gasteiger partial charge in [0.15, 0.2) is 0 Å². The van der Waals surface area contributed by atoms with Crippen LogP contribution in [0, 0.1) is 6.92 Å². The summed E-state index contributed by atoms with van der Waals surface area (Å²) in [5.74, 6) is 1.59. The number of aromatic amines is 1. The Bertz CT molecular complexity index is 1120. The van der Waals surface area contributed by atoms with Crippen LogP contribution in [0.25, 0.3) is 21.9 Å². The Balaban J connectivity index is 1.38. The predicted octanol–water partition coefficient (Wildman–Crippen LogP) is 3.79. The second-order valence-electron chi connectivity index (χ2n) is 6.74. The maximum absolute atomic E-state index is 12.6. The number of ether oxygens (including phenoxy) is 1.